The molecule has 0 radical (unpaired) electrons. The molecule has 128 valence electrons. The average molecular weight is 368 g/mol. The van der Waals surface area contributed by atoms with Crippen LogP contribution in [-0.4, -0.2) is 44.5 Å². The van der Waals surface area contributed by atoms with E-state index in [9.17, 15) is 8.42 Å². The van der Waals surface area contributed by atoms with E-state index in [0.717, 1.165) is 5.56 Å². The molecule has 8 heteroatoms. The molecule has 0 bridgehead atoms. The molecule has 1 N–H and O–H groups in total. The summed E-state index contributed by atoms with van der Waals surface area (Å²) in [6.07, 6.45) is 3.35. The Morgan fingerprint density at radius 3 is 2.92 bits per heavy atom. The zero-order valence-electron chi connectivity index (χ0n) is 13.1. The zero-order valence-corrected chi connectivity index (χ0v) is 14.7. The van der Waals surface area contributed by atoms with Crippen LogP contribution < -0.4 is 10.1 Å². The van der Waals surface area contributed by atoms with E-state index in [-0.39, 0.29) is 16.0 Å². The number of piperazine rings is 1. The number of nitrogens with one attached hydrogen (secondary N) is 1. The van der Waals surface area contributed by atoms with Gasteiger partial charge in [0.15, 0.2) is 0 Å². The first-order valence-corrected chi connectivity index (χ1v) is 9.32. The maximum atomic E-state index is 13.2. The van der Waals surface area contributed by atoms with E-state index in [2.05, 4.69) is 10.3 Å². The topological polar surface area (TPSA) is 71.5 Å². The lowest BCUT2D eigenvalue weighted by atomic mass is 10.1. The molecule has 1 aromatic carbocycles. The molecule has 0 spiro atoms. The van der Waals surface area contributed by atoms with Gasteiger partial charge in [-0.3, -0.25) is 4.98 Å². The standard InChI is InChI=1S/C16H18ClN3O3S/c1-23-13-4-5-14(17)16(9-13)24(21,22)20-8-7-19-11-15(20)12-3-2-6-18-10-12/h2-6,9-10,15,19H,7-8,11H2,1H3. The number of ether oxygens (including phenoxy) is 1. The van der Waals surface area contributed by atoms with E-state index in [1.54, 1.807) is 24.5 Å². The molecular formula is C16H18ClN3O3S. The molecule has 1 aliphatic rings. The van der Waals surface area contributed by atoms with Crippen LogP contribution in [0.4, 0.5) is 0 Å². The lowest BCUT2D eigenvalue weighted by Gasteiger charge is -2.35. The van der Waals surface area contributed by atoms with E-state index in [4.69, 9.17) is 16.3 Å². The third-order valence-corrected chi connectivity index (χ3v) is 6.38. The highest BCUT2D eigenvalue weighted by molar-refractivity contribution is 7.89. The van der Waals surface area contributed by atoms with Gasteiger partial charge in [0.25, 0.3) is 0 Å². The minimum atomic E-state index is -3.77. The van der Waals surface area contributed by atoms with Crippen molar-refractivity contribution in [1.29, 1.82) is 0 Å². The van der Waals surface area contributed by atoms with Gasteiger partial charge in [-0.2, -0.15) is 4.31 Å². The van der Waals surface area contributed by atoms with E-state index in [1.165, 1.54) is 23.5 Å². The van der Waals surface area contributed by atoms with Gasteiger partial charge in [-0.25, -0.2) is 8.42 Å². The number of sulfonamides is 1. The predicted molar refractivity (Wildman–Crippen MR) is 91.7 cm³/mol. The molecule has 1 fully saturated rings. The van der Waals surface area contributed by atoms with Crippen molar-refractivity contribution in [3.05, 3.63) is 53.3 Å². The van der Waals surface area contributed by atoms with Gasteiger partial charge in [-0.15, -0.1) is 0 Å². The van der Waals surface area contributed by atoms with Gasteiger partial charge < -0.3 is 10.1 Å². The average Bonchev–Trinajstić information content (AvgIpc) is 2.63. The number of benzene rings is 1. The van der Waals surface area contributed by atoms with Crippen molar-refractivity contribution in [2.45, 2.75) is 10.9 Å². The molecule has 2 heterocycles. The summed E-state index contributed by atoms with van der Waals surface area (Å²) in [6, 6.07) is 7.97. The van der Waals surface area contributed by atoms with Crippen LogP contribution in [0.5, 0.6) is 5.75 Å². The van der Waals surface area contributed by atoms with Crippen molar-refractivity contribution in [1.82, 2.24) is 14.6 Å². The summed E-state index contributed by atoms with van der Waals surface area (Å²) >= 11 is 6.16. The van der Waals surface area contributed by atoms with Crippen LogP contribution in [0.1, 0.15) is 11.6 Å². The molecule has 1 atom stereocenters. The Balaban J connectivity index is 2.04. The third-order valence-electron chi connectivity index (χ3n) is 3.99. The summed E-state index contributed by atoms with van der Waals surface area (Å²) in [5, 5.41) is 3.41. The number of rotatable bonds is 4. The molecule has 0 amide bonds. The lowest BCUT2D eigenvalue weighted by Crippen LogP contribution is -2.48. The SMILES string of the molecule is COc1ccc(Cl)c(S(=O)(=O)N2CCNCC2c2cccnc2)c1. The van der Waals surface area contributed by atoms with E-state index in [0.29, 0.717) is 25.4 Å². The second kappa shape index (κ2) is 7.06. The minimum absolute atomic E-state index is 0.0549. The van der Waals surface area contributed by atoms with Gasteiger partial charge in [0.1, 0.15) is 10.6 Å². The summed E-state index contributed by atoms with van der Waals surface area (Å²) in [5.74, 6) is 0.450. The van der Waals surface area contributed by atoms with Crippen LogP contribution in [0.25, 0.3) is 0 Å². The number of halogens is 1. The molecule has 1 aromatic heterocycles. The largest absolute Gasteiger partial charge is 0.497 e. The fourth-order valence-electron chi connectivity index (χ4n) is 2.77. The second-order valence-electron chi connectivity index (χ2n) is 5.42. The van der Waals surface area contributed by atoms with E-state index >= 15 is 0 Å². The minimum Gasteiger partial charge on any atom is -0.497 e. The smallest absolute Gasteiger partial charge is 0.245 e. The van der Waals surface area contributed by atoms with Crippen molar-refractivity contribution in [2.24, 2.45) is 0 Å². The first-order chi connectivity index (χ1) is 11.5. The van der Waals surface area contributed by atoms with Crippen LogP contribution >= 0.6 is 11.6 Å². The first kappa shape index (κ1) is 17.2. The van der Waals surface area contributed by atoms with Gasteiger partial charge in [0.2, 0.25) is 10.0 Å². The van der Waals surface area contributed by atoms with Crippen LogP contribution in [0, 0.1) is 0 Å². The summed E-state index contributed by atoms with van der Waals surface area (Å²) in [7, 11) is -2.28. The third kappa shape index (κ3) is 3.25. The molecule has 1 saturated heterocycles. The molecule has 1 unspecified atom stereocenters. The Bertz CT molecular complexity index is 815. The monoisotopic (exact) mass is 367 g/mol. The number of pyridine rings is 1. The quantitative estimate of drug-likeness (QED) is 0.895. The Kier molecular flexibility index (Phi) is 5.05. The highest BCUT2D eigenvalue weighted by atomic mass is 35.5. The summed E-state index contributed by atoms with van der Waals surface area (Å²) < 4.78 is 33.0. The van der Waals surface area contributed by atoms with Crippen LogP contribution in [0.3, 0.4) is 0 Å². The van der Waals surface area contributed by atoms with Gasteiger partial charge in [-0.1, -0.05) is 17.7 Å². The Labute approximate surface area is 146 Å². The normalized spacial score (nSPS) is 19.2. The fourth-order valence-corrected chi connectivity index (χ4v) is 4.87. The number of hydrogen-bond donors (Lipinski definition) is 1. The molecular weight excluding hydrogens is 350 g/mol. The first-order valence-electron chi connectivity index (χ1n) is 7.50. The van der Waals surface area contributed by atoms with Crippen molar-refractivity contribution in [2.75, 3.05) is 26.7 Å². The van der Waals surface area contributed by atoms with Gasteiger partial charge in [-0.05, 0) is 23.8 Å². The maximum Gasteiger partial charge on any atom is 0.245 e. The molecule has 3 rings (SSSR count). The van der Waals surface area contributed by atoms with Crippen LogP contribution in [-0.2, 0) is 10.0 Å². The van der Waals surface area contributed by atoms with Gasteiger partial charge in [0, 0.05) is 38.1 Å². The van der Waals surface area contributed by atoms with E-state index in [1.807, 2.05) is 6.07 Å². The second-order valence-corrected chi connectivity index (χ2v) is 7.68. The van der Waals surface area contributed by atoms with Crippen LogP contribution in [0.15, 0.2) is 47.6 Å². The number of nitrogens with zero attached hydrogens (tertiary/aromatic N) is 2. The molecule has 0 saturated carbocycles. The van der Waals surface area contributed by atoms with Gasteiger partial charge in [0.05, 0.1) is 18.2 Å². The highest BCUT2D eigenvalue weighted by Gasteiger charge is 2.35. The Hall–Kier alpha value is -1.67. The molecule has 2 aromatic rings. The lowest BCUT2D eigenvalue weighted by molar-refractivity contribution is 0.271. The van der Waals surface area contributed by atoms with Gasteiger partial charge >= 0.3 is 0 Å². The fraction of sp³-hybridized carbons (Fsp3) is 0.312. The molecule has 0 aliphatic carbocycles. The number of methoxy groups -OCH3 is 1. The highest BCUT2D eigenvalue weighted by Crippen LogP contribution is 2.33. The Morgan fingerprint density at radius 1 is 1.38 bits per heavy atom. The van der Waals surface area contributed by atoms with E-state index < -0.39 is 10.0 Å². The predicted octanol–water partition coefficient (Wildman–Crippen LogP) is 2.08. The van der Waals surface area contributed by atoms with Crippen molar-refractivity contribution in [3.63, 3.8) is 0 Å². The van der Waals surface area contributed by atoms with Crippen molar-refractivity contribution >= 4 is 21.6 Å². The summed E-state index contributed by atoms with van der Waals surface area (Å²) in [4.78, 5) is 4.15. The summed E-state index contributed by atoms with van der Waals surface area (Å²) in [6.45, 7) is 1.46. The van der Waals surface area contributed by atoms with Crippen molar-refractivity contribution in [3.8, 4) is 5.75 Å². The molecule has 24 heavy (non-hydrogen) atoms. The van der Waals surface area contributed by atoms with Crippen LogP contribution in [0.2, 0.25) is 5.02 Å². The van der Waals surface area contributed by atoms with Crippen molar-refractivity contribution < 1.29 is 13.2 Å². The maximum absolute atomic E-state index is 13.2. The molecule has 6 nitrogen and oxygen atoms in total. The molecule has 1 aliphatic heterocycles. The Morgan fingerprint density at radius 2 is 2.21 bits per heavy atom. The number of aromatic nitrogens is 1. The summed E-state index contributed by atoms with van der Waals surface area (Å²) in [5.41, 5.74) is 0.840. The zero-order chi connectivity index (χ0) is 17.2. The number of hydrogen-bond acceptors (Lipinski definition) is 5.